The first-order chi connectivity index (χ1) is 11.7. The normalized spacial score (nSPS) is 10.9. The summed E-state index contributed by atoms with van der Waals surface area (Å²) in [6, 6.07) is 19.0. The number of rotatable bonds is 2. The van der Waals surface area contributed by atoms with Gasteiger partial charge in [0.2, 0.25) is 5.69 Å². The van der Waals surface area contributed by atoms with Crippen molar-refractivity contribution >= 4 is 10.8 Å². The fourth-order valence-electron chi connectivity index (χ4n) is 3.17. The fraction of sp³-hybridized carbons (Fsp3) is 0.0952. The van der Waals surface area contributed by atoms with Crippen LogP contribution in [0.2, 0.25) is 0 Å². The lowest BCUT2D eigenvalue weighted by Crippen LogP contribution is -2.30. The maximum atomic E-state index is 4.40. The molecule has 0 atom stereocenters. The molecule has 2 aromatic heterocycles. The number of nitrogens with zero attached hydrogens (tertiary/aromatic N) is 3. The van der Waals surface area contributed by atoms with Crippen LogP contribution in [-0.2, 0) is 7.05 Å². The second kappa shape index (κ2) is 5.85. The molecule has 0 saturated heterocycles. The van der Waals surface area contributed by atoms with Gasteiger partial charge in [-0.1, -0.05) is 36.4 Å². The molecule has 3 nitrogen and oxygen atoms in total. The van der Waals surface area contributed by atoms with Crippen molar-refractivity contribution in [1.29, 1.82) is 0 Å². The second-order valence-corrected chi connectivity index (χ2v) is 5.99. The molecule has 24 heavy (non-hydrogen) atoms. The van der Waals surface area contributed by atoms with Gasteiger partial charge in [-0.3, -0.25) is 0 Å². The van der Waals surface area contributed by atoms with Gasteiger partial charge >= 0.3 is 0 Å². The number of hydrogen-bond donors (Lipinski definition) is 0. The summed E-state index contributed by atoms with van der Waals surface area (Å²) in [6.45, 7) is 2.15. The van der Waals surface area contributed by atoms with Crippen LogP contribution in [0.4, 0.5) is 0 Å². The van der Waals surface area contributed by atoms with E-state index in [2.05, 4.69) is 83.2 Å². The van der Waals surface area contributed by atoms with Crippen molar-refractivity contribution in [2.24, 2.45) is 7.05 Å². The van der Waals surface area contributed by atoms with E-state index < -0.39 is 0 Å². The summed E-state index contributed by atoms with van der Waals surface area (Å²) in [6.07, 6.45) is 5.56. The molecule has 0 bridgehead atoms. The van der Waals surface area contributed by atoms with Crippen molar-refractivity contribution in [3.63, 3.8) is 0 Å². The van der Waals surface area contributed by atoms with Gasteiger partial charge < -0.3 is 0 Å². The quantitative estimate of drug-likeness (QED) is 0.522. The minimum atomic E-state index is 0.944. The van der Waals surface area contributed by atoms with Gasteiger partial charge in [0.15, 0.2) is 6.20 Å². The summed E-state index contributed by atoms with van der Waals surface area (Å²) >= 11 is 0. The van der Waals surface area contributed by atoms with Crippen LogP contribution >= 0.6 is 0 Å². The van der Waals surface area contributed by atoms with Crippen LogP contribution in [0.1, 0.15) is 5.56 Å². The third kappa shape index (κ3) is 2.44. The van der Waals surface area contributed by atoms with Gasteiger partial charge in [0.1, 0.15) is 13.4 Å². The number of aryl methyl sites for hydroxylation is 2. The van der Waals surface area contributed by atoms with Gasteiger partial charge in [-0.15, -0.1) is 0 Å². The largest absolute Gasteiger partial charge is 0.245 e. The molecular formula is C21H18N3+. The smallest absolute Gasteiger partial charge is 0.213 e. The predicted molar refractivity (Wildman–Crippen MR) is 96.3 cm³/mol. The predicted octanol–water partition coefficient (Wildman–Crippen LogP) is 4.10. The van der Waals surface area contributed by atoms with Crippen molar-refractivity contribution in [2.75, 3.05) is 0 Å². The second-order valence-electron chi connectivity index (χ2n) is 5.99. The summed E-state index contributed by atoms with van der Waals surface area (Å²) in [4.78, 5) is 8.42. The Morgan fingerprint density at radius 1 is 0.917 bits per heavy atom. The number of hydrogen-bond acceptors (Lipinski definition) is 2. The molecule has 2 heterocycles. The Balaban J connectivity index is 1.97. The monoisotopic (exact) mass is 312 g/mol. The van der Waals surface area contributed by atoms with E-state index in [0.717, 1.165) is 11.3 Å². The standard InChI is InChI=1S/C21H18N3/c1-15-6-3-4-8-17(15)21-12-16-7-5-9-18(19(16)13-24(21)2)20-10-11-22-14-23-20/h3-14H,1-2H3/q+1. The van der Waals surface area contributed by atoms with Gasteiger partial charge in [0.25, 0.3) is 0 Å². The Labute approximate surface area is 141 Å². The highest BCUT2D eigenvalue weighted by atomic mass is 14.9. The van der Waals surface area contributed by atoms with Crippen LogP contribution in [-0.4, -0.2) is 9.97 Å². The first-order valence-corrected chi connectivity index (χ1v) is 7.99. The van der Waals surface area contributed by atoms with E-state index in [9.17, 15) is 0 Å². The van der Waals surface area contributed by atoms with Crippen LogP contribution in [0, 0.1) is 6.92 Å². The topological polar surface area (TPSA) is 29.7 Å². The van der Waals surface area contributed by atoms with Crippen molar-refractivity contribution in [3.05, 3.63) is 78.9 Å². The molecule has 4 aromatic rings. The molecule has 0 N–H and O–H groups in total. The summed E-state index contributed by atoms with van der Waals surface area (Å²) in [7, 11) is 2.10. The molecular weight excluding hydrogens is 294 g/mol. The van der Waals surface area contributed by atoms with Crippen molar-refractivity contribution in [1.82, 2.24) is 9.97 Å². The molecule has 0 fully saturated rings. The summed E-state index contributed by atoms with van der Waals surface area (Å²) < 4.78 is 2.19. The number of fused-ring (bicyclic) bond motifs is 1. The number of benzene rings is 2. The highest BCUT2D eigenvalue weighted by molar-refractivity contribution is 5.96. The van der Waals surface area contributed by atoms with Gasteiger partial charge in [-0.05, 0) is 30.0 Å². The van der Waals surface area contributed by atoms with Crippen LogP contribution in [0.25, 0.3) is 33.3 Å². The lowest BCUT2D eigenvalue weighted by molar-refractivity contribution is -0.659. The highest BCUT2D eigenvalue weighted by Gasteiger charge is 2.15. The third-order valence-corrected chi connectivity index (χ3v) is 4.41. The summed E-state index contributed by atoms with van der Waals surface area (Å²) in [5.41, 5.74) is 5.82. The molecule has 0 spiro atoms. The number of pyridine rings is 1. The zero-order chi connectivity index (χ0) is 16.5. The van der Waals surface area contributed by atoms with E-state index in [0.29, 0.717) is 0 Å². The molecule has 3 heteroatoms. The van der Waals surface area contributed by atoms with Gasteiger partial charge in [0, 0.05) is 23.4 Å². The molecule has 0 unspecified atom stereocenters. The molecule has 4 rings (SSSR count). The third-order valence-electron chi connectivity index (χ3n) is 4.41. The molecule has 0 aliphatic rings. The van der Waals surface area contributed by atoms with Crippen molar-refractivity contribution in [3.8, 4) is 22.5 Å². The first kappa shape index (κ1) is 14.5. The van der Waals surface area contributed by atoms with Crippen molar-refractivity contribution < 1.29 is 4.57 Å². The van der Waals surface area contributed by atoms with Crippen LogP contribution in [0.15, 0.2) is 73.3 Å². The van der Waals surface area contributed by atoms with Gasteiger partial charge in [-0.25, -0.2) is 14.5 Å². The first-order valence-electron chi connectivity index (χ1n) is 7.99. The summed E-state index contributed by atoms with van der Waals surface area (Å²) in [5.74, 6) is 0. The van der Waals surface area contributed by atoms with Crippen LogP contribution in [0.3, 0.4) is 0 Å². The Bertz CT molecular complexity index is 1020. The van der Waals surface area contributed by atoms with E-state index in [-0.39, 0.29) is 0 Å². The molecule has 0 radical (unpaired) electrons. The Morgan fingerprint density at radius 2 is 1.75 bits per heavy atom. The van der Waals surface area contributed by atoms with Gasteiger partial charge in [0.05, 0.1) is 11.1 Å². The van der Waals surface area contributed by atoms with Crippen molar-refractivity contribution in [2.45, 2.75) is 6.92 Å². The van der Waals surface area contributed by atoms with Gasteiger partial charge in [-0.2, -0.15) is 0 Å². The maximum Gasteiger partial charge on any atom is 0.213 e. The maximum absolute atomic E-state index is 4.40. The zero-order valence-electron chi connectivity index (χ0n) is 13.8. The fourth-order valence-corrected chi connectivity index (χ4v) is 3.17. The summed E-state index contributed by atoms with van der Waals surface area (Å²) in [5, 5.41) is 2.40. The van der Waals surface area contributed by atoms with Crippen LogP contribution < -0.4 is 4.57 Å². The average molecular weight is 312 g/mol. The Hall–Kier alpha value is -3.07. The molecule has 2 aromatic carbocycles. The van der Waals surface area contributed by atoms with E-state index >= 15 is 0 Å². The van der Waals surface area contributed by atoms with E-state index in [4.69, 9.17) is 0 Å². The Morgan fingerprint density at radius 3 is 2.54 bits per heavy atom. The minimum absolute atomic E-state index is 0.944. The van der Waals surface area contributed by atoms with E-state index in [1.807, 2.05) is 6.07 Å². The van der Waals surface area contributed by atoms with E-state index in [1.165, 1.54) is 27.6 Å². The van der Waals surface area contributed by atoms with E-state index in [1.54, 1.807) is 12.5 Å². The zero-order valence-corrected chi connectivity index (χ0v) is 13.8. The molecule has 0 aliphatic heterocycles. The molecule has 0 amide bonds. The Kier molecular flexibility index (Phi) is 3.54. The molecule has 116 valence electrons. The highest BCUT2D eigenvalue weighted by Crippen LogP contribution is 2.29. The lowest BCUT2D eigenvalue weighted by atomic mass is 9.99. The molecule has 0 saturated carbocycles. The molecule has 0 aliphatic carbocycles. The average Bonchev–Trinajstić information content (AvgIpc) is 2.62. The lowest BCUT2D eigenvalue weighted by Gasteiger charge is -2.08. The SMILES string of the molecule is Cc1ccccc1-c1cc2cccc(-c3ccncn3)c2c[n+]1C. The number of aromatic nitrogens is 3. The van der Waals surface area contributed by atoms with Crippen LogP contribution in [0.5, 0.6) is 0 Å². The minimum Gasteiger partial charge on any atom is -0.245 e.